The van der Waals surface area contributed by atoms with Gasteiger partial charge in [0.15, 0.2) is 0 Å². The zero-order chi connectivity index (χ0) is 9.60. The Morgan fingerprint density at radius 1 is 1.29 bits per heavy atom. The first-order valence-electron chi connectivity index (χ1n) is 5.58. The number of ether oxygens (including phenoxy) is 2. The lowest BCUT2D eigenvalue weighted by Crippen LogP contribution is -2.56. The molecule has 0 N–H and O–H groups in total. The molecule has 0 aromatic rings. The van der Waals surface area contributed by atoms with Crippen molar-refractivity contribution in [3.63, 3.8) is 0 Å². The number of ketones is 1. The highest BCUT2D eigenvalue weighted by atomic mass is 16.6. The van der Waals surface area contributed by atoms with Crippen LogP contribution in [-0.2, 0) is 14.3 Å². The van der Waals surface area contributed by atoms with E-state index in [2.05, 4.69) is 0 Å². The maximum Gasteiger partial charge on any atom is 0.144 e. The average Bonchev–Trinajstić information content (AvgIpc) is 2.59. The molecule has 3 nitrogen and oxygen atoms in total. The third-order valence-electron chi connectivity index (χ3n) is 4.00. The third-order valence-corrected chi connectivity index (χ3v) is 4.00. The van der Waals surface area contributed by atoms with E-state index in [1.807, 2.05) is 0 Å². The monoisotopic (exact) mass is 196 g/mol. The largest absolute Gasteiger partial charge is 0.376 e. The summed E-state index contributed by atoms with van der Waals surface area (Å²) in [6.07, 6.45) is 5.65. The first-order chi connectivity index (χ1) is 6.81. The van der Waals surface area contributed by atoms with Crippen molar-refractivity contribution in [2.75, 3.05) is 13.2 Å². The fourth-order valence-corrected chi connectivity index (χ4v) is 2.93. The van der Waals surface area contributed by atoms with Gasteiger partial charge < -0.3 is 9.47 Å². The molecule has 14 heavy (non-hydrogen) atoms. The molecule has 3 aliphatic rings. The summed E-state index contributed by atoms with van der Waals surface area (Å²) in [4.78, 5) is 11.6. The van der Waals surface area contributed by atoms with Crippen LogP contribution in [0.3, 0.4) is 0 Å². The van der Waals surface area contributed by atoms with Crippen molar-refractivity contribution >= 4 is 5.78 Å². The minimum atomic E-state index is -0.0599. The molecule has 1 atom stereocenters. The lowest BCUT2D eigenvalue weighted by atomic mass is 9.63. The summed E-state index contributed by atoms with van der Waals surface area (Å²) in [5.74, 6) is 0.445. The molecular formula is C11H16O3. The zero-order valence-electron chi connectivity index (χ0n) is 8.33. The van der Waals surface area contributed by atoms with Crippen molar-refractivity contribution in [2.45, 2.75) is 44.3 Å². The lowest BCUT2D eigenvalue weighted by Gasteiger charge is -2.47. The normalized spacial score (nSPS) is 35.7. The minimum Gasteiger partial charge on any atom is -0.376 e. The van der Waals surface area contributed by atoms with Crippen LogP contribution in [0, 0.1) is 5.41 Å². The van der Waals surface area contributed by atoms with Gasteiger partial charge in [-0.2, -0.15) is 0 Å². The third kappa shape index (κ3) is 1.09. The second kappa shape index (κ2) is 3.04. The fourth-order valence-electron chi connectivity index (χ4n) is 2.93. The van der Waals surface area contributed by atoms with Crippen LogP contribution in [0.5, 0.6) is 0 Å². The smallest absolute Gasteiger partial charge is 0.144 e. The molecule has 2 saturated carbocycles. The molecule has 3 fully saturated rings. The quantitative estimate of drug-likeness (QED) is 0.668. The Morgan fingerprint density at radius 2 is 2.00 bits per heavy atom. The maximum absolute atomic E-state index is 11.6. The number of hydrogen-bond donors (Lipinski definition) is 0. The van der Waals surface area contributed by atoms with Gasteiger partial charge in [-0.15, -0.1) is 0 Å². The standard InChI is InChI=1S/C11H16O3/c12-9-5-10(14-8-6-13-7-8)11(9)3-1-2-4-11/h8,10H,1-7H2. The molecule has 0 bridgehead atoms. The molecule has 1 spiro atoms. The average molecular weight is 196 g/mol. The van der Waals surface area contributed by atoms with Gasteiger partial charge in [-0.05, 0) is 12.8 Å². The van der Waals surface area contributed by atoms with E-state index in [4.69, 9.17) is 9.47 Å². The Morgan fingerprint density at radius 3 is 2.50 bits per heavy atom. The second-order valence-corrected chi connectivity index (χ2v) is 4.77. The molecule has 0 aromatic carbocycles. The Kier molecular flexibility index (Phi) is 1.92. The van der Waals surface area contributed by atoms with Crippen LogP contribution in [0.2, 0.25) is 0 Å². The van der Waals surface area contributed by atoms with Crippen LogP contribution >= 0.6 is 0 Å². The summed E-state index contributed by atoms with van der Waals surface area (Å²) in [6.45, 7) is 1.45. The molecule has 2 aliphatic carbocycles. The molecule has 0 amide bonds. The van der Waals surface area contributed by atoms with E-state index in [-0.39, 0.29) is 17.6 Å². The van der Waals surface area contributed by atoms with E-state index < -0.39 is 0 Å². The predicted octanol–water partition coefficient (Wildman–Crippen LogP) is 1.30. The summed E-state index contributed by atoms with van der Waals surface area (Å²) in [7, 11) is 0. The van der Waals surface area contributed by atoms with E-state index in [1.54, 1.807) is 0 Å². The summed E-state index contributed by atoms with van der Waals surface area (Å²) in [5, 5.41) is 0. The Bertz CT molecular complexity index is 251. The molecule has 1 saturated heterocycles. The Hall–Kier alpha value is -0.410. The van der Waals surface area contributed by atoms with E-state index >= 15 is 0 Å². The molecule has 1 aliphatic heterocycles. The van der Waals surface area contributed by atoms with Gasteiger partial charge in [-0.25, -0.2) is 0 Å². The summed E-state index contributed by atoms with van der Waals surface area (Å²) in [6, 6.07) is 0. The van der Waals surface area contributed by atoms with Crippen LogP contribution in [0.4, 0.5) is 0 Å². The van der Waals surface area contributed by atoms with Gasteiger partial charge in [0.2, 0.25) is 0 Å². The van der Waals surface area contributed by atoms with Gasteiger partial charge >= 0.3 is 0 Å². The van der Waals surface area contributed by atoms with Crippen molar-refractivity contribution in [1.82, 2.24) is 0 Å². The Labute approximate surface area is 83.8 Å². The van der Waals surface area contributed by atoms with E-state index in [0.717, 1.165) is 26.1 Å². The number of carbonyl (C=O) groups excluding carboxylic acids is 1. The fraction of sp³-hybridized carbons (Fsp3) is 0.909. The maximum atomic E-state index is 11.6. The number of rotatable bonds is 2. The Balaban J connectivity index is 1.66. The number of Topliss-reactive ketones (excluding diaryl/α,β-unsaturated/α-hetero) is 1. The molecular weight excluding hydrogens is 180 g/mol. The number of carbonyl (C=O) groups is 1. The van der Waals surface area contributed by atoms with Crippen LogP contribution in [0.1, 0.15) is 32.1 Å². The van der Waals surface area contributed by atoms with Crippen molar-refractivity contribution < 1.29 is 14.3 Å². The van der Waals surface area contributed by atoms with Gasteiger partial charge in [-0.3, -0.25) is 4.79 Å². The molecule has 0 aromatic heterocycles. The lowest BCUT2D eigenvalue weighted by molar-refractivity contribution is -0.206. The van der Waals surface area contributed by atoms with Gasteiger partial charge in [0.05, 0.1) is 24.7 Å². The first-order valence-corrected chi connectivity index (χ1v) is 5.58. The molecule has 1 heterocycles. The molecule has 78 valence electrons. The van der Waals surface area contributed by atoms with Crippen molar-refractivity contribution in [1.29, 1.82) is 0 Å². The molecule has 0 radical (unpaired) electrons. The SMILES string of the molecule is O=C1CC(OC2COC2)C12CCCC2. The van der Waals surface area contributed by atoms with E-state index in [9.17, 15) is 4.79 Å². The highest BCUT2D eigenvalue weighted by molar-refractivity contribution is 5.92. The van der Waals surface area contributed by atoms with Crippen molar-refractivity contribution in [3.8, 4) is 0 Å². The van der Waals surface area contributed by atoms with Crippen molar-refractivity contribution in [2.24, 2.45) is 5.41 Å². The topological polar surface area (TPSA) is 35.5 Å². The molecule has 3 rings (SSSR count). The summed E-state index contributed by atoms with van der Waals surface area (Å²) >= 11 is 0. The number of hydrogen-bond acceptors (Lipinski definition) is 3. The predicted molar refractivity (Wildman–Crippen MR) is 50.0 cm³/mol. The van der Waals surface area contributed by atoms with Gasteiger partial charge in [0.1, 0.15) is 11.9 Å². The zero-order valence-corrected chi connectivity index (χ0v) is 8.33. The van der Waals surface area contributed by atoms with Crippen LogP contribution in [0.25, 0.3) is 0 Å². The van der Waals surface area contributed by atoms with Crippen LogP contribution < -0.4 is 0 Å². The minimum absolute atomic E-state index is 0.0599. The van der Waals surface area contributed by atoms with Gasteiger partial charge in [-0.1, -0.05) is 12.8 Å². The first kappa shape index (κ1) is 8.86. The highest BCUT2D eigenvalue weighted by Crippen LogP contribution is 2.52. The second-order valence-electron chi connectivity index (χ2n) is 4.77. The van der Waals surface area contributed by atoms with Crippen LogP contribution in [0.15, 0.2) is 0 Å². The van der Waals surface area contributed by atoms with E-state index in [0.29, 0.717) is 12.2 Å². The highest BCUT2D eigenvalue weighted by Gasteiger charge is 2.57. The van der Waals surface area contributed by atoms with E-state index in [1.165, 1.54) is 12.8 Å². The molecule has 3 heteroatoms. The van der Waals surface area contributed by atoms with Gasteiger partial charge in [0.25, 0.3) is 0 Å². The summed E-state index contributed by atoms with van der Waals surface area (Å²) in [5.41, 5.74) is -0.0599. The van der Waals surface area contributed by atoms with Crippen LogP contribution in [-0.4, -0.2) is 31.2 Å². The van der Waals surface area contributed by atoms with Crippen molar-refractivity contribution in [3.05, 3.63) is 0 Å². The molecule has 1 unspecified atom stereocenters. The summed E-state index contributed by atoms with van der Waals surface area (Å²) < 4.78 is 11.0. The van der Waals surface area contributed by atoms with Gasteiger partial charge in [0, 0.05) is 6.42 Å².